The predicted molar refractivity (Wildman–Crippen MR) is 250 cm³/mol. The third kappa shape index (κ3) is 4.61. The summed E-state index contributed by atoms with van der Waals surface area (Å²) in [5.41, 5.74) is 11.8. The molecule has 0 aliphatic rings. The lowest BCUT2D eigenvalue weighted by Gasteiger charge is -2.25. The minimum absolute atomic E-state index is 0.437. The maximum atomic E-state index is 12.0. The number of hydrogen-bond acceptors (Lipinski definition) is 4. The number of furan rings is 2. The Morgan fingerprint density at radius 2 is 0.629 bits per heavy atom. The number of benzene rings is 9. The van der Waals surface area contributed by atoms with Crippen LogP contribution in [0, 0.1) is 22.7 Å². The molecule has 4 aromatic heterocycles. The molecule has 0 aliphatic heterocycles. The lowest BCUT2D eigenvalue weighted by molar-refractivity contribution is 0.668. The quantitative estimate of drug-likeness (QED) is 0.178. The van der Waals surface area contributed by atoms with Gasteiger partial charge in [0.2, 0.25) is 0 Å². The number of rotatable bonds is 4. The number of nitrogens with zero attached hydrogens (tertiary/aromatic N) is 4. The first kappa shape index (κ1) is 34.1. The van der Waals surface area contributed by atoms with Gasteiger partial charge >= 0.3 is 0 Å². The molecule has 0 bridgehead atoms. The Labute approximate surface area is 353 Å². The van der Waals surface area contributed by atoms with Crippen LogP contribution >= 0.6 is 0 Å². The van der Waals surface area contributed by atoms with Crippen LogP contribution in [-0.2, 0) is 0 Å². The first-order chi connectivity index (χ1) is 30.7. The van der Waals surface area contributed by atoms with Gasteiger partial charge in [-0.2, -0.15) is 10.5 Å². The van der Waals surface area contributed by atoms with E-state index in [4.69, 9.17) is 8.83 Å². The Morgan fingerprint density at radius 3 is 0.984 bits per heavy atom. The molecule has 0 amide bonds. The van der Waals surface area contributed by atoms with Gasteiger partial charge in [-0.15, -0.1) is 0 Å². The van der Waals surface area contributed by atoms with Crippen LogP contribution in [0.25, 0.3) is 121 Å². The largest absolute Gasteiger partial charge is 0.456 e. The molecule has 0 atom stereocenters. The summed E-state index contributed by atoms with van der Waals surface area (Å²) in [4.78, 5) is 0. The van der Waals surface area contributed by atoms with Gasteiger partial charge in [0.1, 0.15) is 34.5 Å². The van der Waals surface area contributed by atoms with E-state index >= 15 is 0 Å². The standard InChI is InChI=1S/C56H30N4O2/c57-31-43-54(34-26-28-52-42(30-34)40-18-6-12-24-50(40)62-52)56(60-47-21-9-3-15-37(47)38-16-4-10-22-48(38)60)44(32-58)53(33-25-27-51-41(29-33)39-17-5-11-23-49(39)61-51)55(43)59-45-19-7-1-13-35(45)36-14-2-8-20-46(36)59/h1-30H. The first-order valence-corrected chi connectivity index (χ1v) is 20.5. The second-order valence-electron chi connectivity index (χ2n) is 15.8. The maximum absolute atomic E-state index is 12.0. The van der Waals surface area contributed by atoms with Gasteiger partial charge in [-0.3, -0.25) is 0 Å². The van der Waals surface area contributed by atoms with Crippen molar-refractivity contribution in [3.8, 4) is 45.8 Å². The minimum Gasteiger partial charge on any atom is -0.456 e. The van der Waals surface area contributed by atoms with Crippen LogP contribution in [0.2, 0.25) is 0 Å². The molecule has 0 saturated carbocycles. The van der Waals surface area contributed by atoms with Crippen molar-refractivity contribution >= 4 is 87.5 Å². The second-order valence-corrected chi connectivity index (χ2v) is 15.8. The Kier molecular flexibility index (Phi) is 7.05. The summed E-state index contributed by atoms with van der Waals surface area (Å²) in [5.74, 6) is 0. The third-order valence-corrected chi connectivity index (χ3v) is 12.6. The fourth-order valence-corrected chi connectivity index (χ4v) is 10.0. The zero-order valence-corrected chi connectivity index (χ0v) is 32.9. The molecule has 62 heavy (non-hydrogen) atoms. The topological polar surface area (TPSA) is 83.7 Å². The Bertz CT molecular complexity index is 3770. The summed E-state index contributed by atoms with van der Waals surface area (Å²) >= 11 is 0. The average molecular weight is 791 g/mol. The summed E-state index contributed by atoms with van der Waals surface area (Å²) in [6.07, 6.45) is 0. The molecule has 13 aromatic rings. The Balaban J connectivity index is 1.30. The Morgan fingerprint density at radius 1 is 0.323 bits per heavy atom. The molecule has 6 nitrogen and oxygen atoms in total. The minimum atomic E-state index is 0.437. The SMILES string of the molecule is N#Cc1c(-c2ccc3oc4ccccc4c3c2)c(-n2c3ccccc3c3ccccc32)c(C#N)c(-c2ccc3oc4ccccc4c3c2)c1-n1c2ccccc2c2ccccc21. The molecular weight excluding hydrogens is 761 g/mol. The highest BCUT2D eigenvalue weighted by Gasteiger charge is 2.32. The van der Waals surface area contributed by atoms with Crippen molar-refractivity contribution in [3.05, 3.63) is 193 Å². The number of para-hydroxylation sites is 6. The molecule has 0 aliphatic carbocycles. The van der Waals surface area contributed by atoms with Gasteiger partial charge in [-0.05, 0) is 71.8 Å². The molecule has 4 heterocycles. The lowest BCUT2D eigenvalue weighted by Crippen LogP contribution is -2.11. The fourth-order valence-electron chi connectivity index (χ4n) is 10.0. The van der Waals surface area contributed by atoms with Crippen molar-refractivity contribution in [2.75, 3.05) is 0 Å². The van der Waals surface area contributed by atoms with E-state index in [-0.39, 0.29) is 0 Å². The lowest BCUT2D eigenvalue weighted by atomic mass is 9.85. The third-order valence-electron chi connectivity index (χ3n) is 12.6. The molecule has 0 radical (unpaired) electrons. The van der Waals surface area contributed by atoms with Gasteiger partial charge in [-0.1, -0.05) is 121 Å². The van der Waals surface area contributed by atoms with Crippen molar-refractivity contribution in [1.29, 1.82) is 10.5 Å². The smallest absolute Gasteiger partial charge is 0.135 e. The van der Waals surface area contributed by atoms with E-state index in [1.807, 2.05) is 109 Å². The molecular formula is C56H30N4O2. The van der Waals surface area contributed by atoms with E-state index < -0.39 is 0 Å². The summed E-state index contributed by atoms with van der Waals surface area (Å²) in [6.45, 7) is 0. The van der Waals surface area contributed by atoms with Gasteiger partial charge < -0.3 is 18.0 Å². The molecule has 13 rings (SSSR count). The van der Waals surface area contributed by atoms with Crippen LogP contribution in [0.3, 0.4) is 0 Å². The van der Waals surface area contributed by atoms with E-state index in [2.05, 4.69) is 94.1 Å². The monoisotopic (exact) mass is 790 g/mol. The molecule has 0 fully saturated rings. The van der Waals surface area contributed by atoms with Gasteiger partial charge in [0.05, 0.1) is 44.6 Å². The molecule has 0 unspecified atom stereocenters. The molecule has 0 saturated heterocycles. The predicted octanol–water partition coefficient (Wildman–Crippen LogP) is 14.8. The zero-order valence-electron chi connectivity index (χ0n) is 32.9. The van der Waals surface area contributed by atoms with Gasteiger partial charge in [0, 0.05) is 54.2 Å². The van der Waals surface area contributed by atoms with E-state index in [1.54, 1.807) is 0 Å². The van der Waals surface area contributed by atoms with Crippen molar-refractivity contribution in [2.24, 2.45) is 0 Å². The van der Waals surface area contributed by atoms with E-state index in [9.17, 15) is 10.5 Å². The number of aromatic nitrogens is 2. The second kappa shape index (κ2) is 12.8. The first-order valence-electron chi connectivity index (χ1n) is 20.5. The normalized spacial score (nSPS) is 11.8. The highest BCUT2D eigenvalue weighted by molar-refractivity contribution is 6.15. The molecule has 6 heteroatoms. The summed E-state index contributed by atoms with van der Waals surface area (Å²) < 4.78 is 17.1. The van der Waals surface area contributed by atoms with Crippen molar-refractivity contribution in [3.63, 3.8) is 0 Å². The van der Waals surface area contributed by atoms with Crippen LogP contribution < -0.4 is 0 Å². The van der Waals surface area contributed by atoms with Crippen LogP contribution in [0.5, 0.6) is 0 Å². The maximum Gasteiger partial charge on any atom is 0.135 e. The van der Waals surface area contributed by atoms with Crippen LogP contribution in [0.4, 0.5) is 0 Å². The highest BCUT2D eigenvalue weighted by atomic mass is 16.3. The van der Waals surface area contributed by atoms with Crippen molar-refractivity contribution in [2.45, 2.75) is 0 Å². The van der Waals surface area contributed by atoms with Gasteiger partial charge in [-0.25, -0.2) is 0 Å². The number of fused-ring (bicyclic) bond motifs is 12. The molecule has 0 N–H and O–H groups in total. The van der Waals surface area contributed by atoms with E-state index in [0.717, 1.165) is 98.6 Å². The van der Waals surface area contributed by atoms with Crippen LogP contribution in [0.1, 0.15) is 11.1 Å². The highest BCUT2D eigenvalue weighted by Crippen LogP contribution is 2.50. The number of hydrogen-bond donors (Lipinski definition) is 0. The zero-order chi connectivity index (χ0) is 41.1. The molecule has 0 spiro atoms. The van der Waals surface area contributed by atoms with Gasteiger partial charge in [0.25, 0.3) is 0 Å². The Hall–Kier alpha value is -8.84. The van der Waals surface area contributed by atoms with Gasteiger partial charge in [0.15, 0.2) is 0 Å². The van der Waals surface area contributed by atoms with Crippen LogP contribution in [0.15, 0.2) is 191 Å². The van der Waals surface area contributed by atoms with Crippen LogP contribution in [-0.4, -0.2) is 9.13 Å². The molecule has 9 aromatic carbocycles. The summed E-state index contributed by atoms with van der Waals surface area (Å²) in [6, 6.07) is 67.1. The molecule has 286 valence electrons. The number of nitriles is 2. The summed E-state index contributed by atoms with van der Waals surface area (Å²) in [5, 5.41) is 32.0. The fraction of sp³-hybridized carbons (Fsp3) is 0. The van der Waals surface area contributed by atoms with Crippen molar-refractivity contribution < 1.29 is 8.83 Å². The van der Waals surface area contributed by atoms with E-state index in [0.29, 0.717) is 33.6 Å². The van der Waals surface area contributed by atoms with Crippen molar-refractivity contribution in [1.82, 2.24) is 9.13 Å². The average Bonchev–Trinajstić information content (AvgIpc) is 4.08. The van der Waals surface area contributed by atoms with E-state index in [1.165, 1.54) is 0 Å². The summed E-state index contributed by atoms with van der Waals surface area (Å²) in [7, 11) is 0.